The number of rotatable bonds is 7. The number of amides is 2. The van der Waals surface area contributed by atoms with Crippen molar-refractivity contribution in [2.45, 2.75) is 25.2 Å². The normalized spacial score (nSPS) is 21.3. The molecule has 2 heterocycles. The van der Waals surface area contributed by atoms with Gasteiger partial charge in [-0.05, 0) is 11.6 Å². The molecular formula is C20H27F3N4O3. The molecule has 1 aromatic rings. The molecule has 7 nitrogen and oxygen atoms in total. The highest BCUT2D eigenvalue weighted by atomic mass is 19.4. The quantitative estimate of drug-likeness (QED) is 0.674. The molecule has 1 unspecified atom stereocenters. The summed E-state index contributed by atoms with van der Waals surface area (Å²) in [7, 11) is 0. The van der Waals surface area contributed by atoms with E-state index in [2.05, 4.69) is 15.5 Å². The topological polar surface area (TPSA) is 73.9 Å². The molecule has 1 atom stereocenters. The van der Waals surface area contributed by atoms with Crippen LogP contribution in [0.25, 0.3) is 0 Å². The lowest BCUT2D eigenvalue weighted by atomic mass is 10.1. The van der Waals surface area contributed by atoms with E-state index in [4.69, 9.17) is 4.74 Å². The molecule has 0 radical (unpaired) electrons. The Hall–Kier alpha value is -2.17. The van der Waals surface area contributed by atoms with Gasteiger partial charge in [-0.3, -0.25) is 19.4 Å². The number of carbonyl (C=O) groups excluding carboxylic acids is 2. The van der Waals surface area contributed by atoms with E-state index in [1.807, 2.05) is 0 Å². The number of nitrogens with one attached hydrogen (secondary N) is 2. The molecule has 166 valence electrons. The Morgan fingerprint density at radius 2 is 2.00 bits per heavy atom. The van der Waals surface area contributed by atoms with Crippen LogP contribution < -0.4 is 10.6 Å². The number of benzene rings is 1. The maximum absolute atomic E-state index is 13.0. The molecule has 0 spiro atoms. The largest absolute Gasteiger partial charge is 0.416 e. The average molecular weight is 428 g/mol. The van der Waals surface area contributed by atoms with Gasteiger partial charge in [0.15, 0.2) is 0 Å². The standard InChI is InChI=1S/C20H27F3N4O3/c21-20(22,23)16-3-1-2-15(12-16)14-27-7-5-25-19(29)17(27)13-18(28)24-4-6-26-8-10-30-11-9-26/h1-3,12,17H,4-11,13-14H2,(H,24,28)(H,25,29). The lowest BCUT2D eigenvalue weighted by Crippen LogP contribution is -2.56. The van der Waals surface area contributed by atoms with Crippen molar-refractivity contribution >= 4 is 11.8 Å². The summed E-state index contributed by atoms with van der Waals surface area (Å²) in [6.07, 6.45) is -4.46. The van der Waals surface area contributed by atoms with Crippen molar-refractivity contribution in [2.75, 3.05) is 52.5 Å². The van der Waals surface area contributed by atoms with Crippen molar-refractivity contribution in [1.29, 1.82) is 0 Å². The van der Waals surface area contributed by atoms with Crippen LogP contribution in [-0.4, -0.2) is 80.1 Å². The number of carbonyl (C=O) groups is 2. The zero-order valence-electron chi connectivity index (χ0n) is 16.7. The van der Waals surface area contributed by atoms with Crippen LogP contribution in [0.2, 0.25) is 0 Å². The summed E-state index contributed by atoms with van der Waals surface area (Å²) in [4.78, 5) is 28.7. The minimum atomic E-state index is -4.42. The Kier molecular flexibility index (Phi) is 7.68. The first kappa shape index (κ1) is 22.5. The number of hydrogen-bond acceptors (Lipinski definition) is 5. The second kappa shape index (κ2) is 10.2. The lowest BCUT2D eigenvalue weighted by Gasteiger charge is -2.35. The smallest absolute Gasteiger partial charge is 0.379 e. The molecule has 0 saturated carbocycles. The molecule has 30 heavy (non-hydrogen) atoms. The van der Waals surface area contributed by atoms with Crippen LogP contribution >= 0.6 is 0 Å². The number of ether oxygens (including phenoxy) is 1. The van der Waals surface area contributed by atoms with Gasteiger partial charge in [-0.15, -0.1) is 0 Å². The number of morpholine rings is 1. The van der Waals surface area contributed by atoms with Crippen LogP contribution in [0, 0.1) is 0 Å². The summed E-state index contributed by atoms with van der Waals surface area (Å²) in [6, 6.07) is 4.35. The fraction of sp³-hybridized carbons (Fsp3) is 0.600. The maximum atomic E-state index is 13.0. The summed E-state index contributed by atoms with van der Waals surface area (Å²) in [6.45, 7) is 5.23. The molecule has 1 aromatic carbocycles. The van der Waals surface area contributed by atoms with E-state index < -0.39 is 17.8 Å². The minimum absolute atomic E-state index is 0.0338. The molecule has 2 amide bonds. The number of piperazine rings is 1. The van der Waals surface area contributed by atoms with E-state index >= 15 is 0 Å². The summed E-state index contributed by atoms with van der Waals surface area (Å²) >= 11 is 0. The molecule has 2 aliphatic rings. The van der Waals surface area contributed by atoms with Crippen molar-refractivity contribution < 1.29 is 27.5 Å². The monoisotopic (exact) mass is 428 g/mol. The minimum Gasteiger partial charge on any atom is -0.379 e. The second-order valence-electron chi connectivity index (χ2n) is 7.48. The number of alkyl halides is 3. The Morgan fingerprint density at radius 1 is 1.23 bits per heavy atom. The predicted molar refractivity (Wildman–Crippen MR) is 104 cm³/mol. The van der Waals surface area contributed by atoms with Crippen molar-refractivity contribution in [2.24, 2.45) is 0 Å². The molecule has 2 saturated heterocycles. The second-order valence-corrected chi connectivity index (χ2v) is 7.48. The van der Waals surface area contributed by atoms with Crippen LogP contribution in [0.5, 0.6) is 0 Å². The van der Waals surface area contributed by atoms with Gasteiger partial charge in [0.25, 0.3) is 0 Å². The van der Waals surface area contributed by atoms with Crippen molar-refractivity contribution in [3.05, 3.63) is 35.4 Å². The Morgan fingerprint density at radius 3 is 2.73 bits per heavy atom. The number of hydrogen-bond donors (Lipinski definition) is 2. The summed E-state index contributed by atoms with van der Waals surface area (Å²) in [5.41, 5.74) is -0.267. The Labute approximate surface area is 173 Å². The van der Waals surface area contributed by atoms with E-state index in [0.717, 1.165) is 25.2 Å². The van der Waals surface area contributed by atoms with E-state index in [9.17, 15) is 22.8 Å². The first-order valence-electron chi connectivity index (χ1n) is 10.1. The van der Waals surface area contributed by atoms with Gasteiger partial charge in [0, 0.05) is 45.8 Å². The zero-order valence-corrected chi connectivity index (χ0v) is 16.7. The summed E-state index contributed by atoms with van der Waals surface area (Å²) in [5.74, 6) is -0.532. The lowest BCUT2D eigenvalue weighted by molar-refractivity contribution is -0.137. The first-order chi connectivity index (χ1) is 14.3. The first-order valence-corrected chi connectivity index (χ1v) is 10.1. The molecule has 0 aromatic heterocycles. The SMILES string of the molecule is O=C(CC1C(=O)NCCN1Cc1cccc(C(F)(F)F)c1)NCCN1CCOCC1. The molecule has 10 heteroatoms. The maximum Gasteiger partial charge on any atom is 0.416 e. The predicted octanol–water partition coefficient (Wildman–Crippen LogP) is 0.844. The van der Waals surface area contributed by atoms with Gasteiger partial charge in [-0.1, -0.05) is 18.2 Å². The molecule has 2 fully saturated rings. The van der Waals surface area contributed by atoms with Crippen LogP contribution in [-0.2, 0) is 27.0 Å². The van der Waals surface area contributed by atoms with Crippen LogP contribution in [0.4, 0.5) is 13.2 Å². The van der Waals surface area contributed by atoms with Gasteiger partial charge < -0.3 is 15.4 Å². The van der Waals surface area contributed by atoms with Crippen LogP contribution in [0.3, 0.4) is 0 Å². The zero-order chi connectivity index (χ0) is 21.6. The van der Waals surface area contributed by atoms with Crippen LogP contribution in [0.1, 0.15) is 17.5 Å². The van der Waals surface area contributed by atoms with E-state index in [1.165, 1.54) is 6.07 Å². The van der Waals surface area contributed by atoms with Crippen molar-refractivity contribution in [1.82, 2.24) is 20.4 Å². The van der Waals surface area contributed by atoms with E-state index in [-0.39, 0.29) is 24.8 Å². The molecule has 2 aliphatic heterocycles. The highest BCUT2D eigenvalue weighted by Crippen LogP contribution is 2.30. The van der Waals surface area contributed by atoms with Crippen LogP contribution in [0.15, 0.2) is 24.3 Å². The summed E-state index contributed by atoms with van der Waals surface area (Å²) in [5, 5.41) is 5.57. The molecule has 2 N–H and O–H groups in total. The fourth-order valence-corrected chi connectivity index (χ4v) is 3.68. The molecular weight excluding hydrogens is 401 g/mol. The van der Waals surface area contributed by atoms with E-state index in [0.29, 0.717) is 45.0 Å². The Bertz CT molecular complexity index is 738. The van der Waals surface area contributed by atoms with Gasteiger partial charge in [0.1, 0.15) is 0 Å². The third-order valence-electron chi connectivity index (χ3n) is 5.31. The van der Waals surface area contributed by atoms with E-state index in [1.54, 1.807) is 11.0 Å². The third kappa shape index (κ3) is 6.41. The Balaban J connectivity index is 1.55. The van der Waals surface area contributed by atoms with Gasteiger partial charge in [-0.25, -0.2) is 0 Å². The molecule has 0 aliphatic carbocycles. The van der Waals surface area contributed by atoms with Gasteiger partial charge in [0.2, 0.25) is 11.8 Å². The molecule has 3 rings (SSSR count). The fourth-order valence-electron chi connectivity index (χ4n) is 3.68. The number of halogens is 3. The highest BCUT2D eigenvalue weighted by molar-refractivity contribution is 5.88. The van der Waals surface area contributed by atoms with Gasteiger partial charge in [-0.2, -0.15) is 13.2 Å². The van der Waals surface area contributed by atoms with Gasteiger partial charge >= 0.3 is 6.18 Å². The van der Waals surface area contributed by atoms with Crippen molar-refractivity contribution in [3.8, 4) is 0 Å². The van der Waals surface area contributed by atoms with Gasteiger partial charge in [0.05, 0.1) is 31.2 Å². The molecule has 0 bridgehead atoms. The van der Waals surface area contributed by atoms with Crippen molar-refractivity contribution in [3.63, 3.8) is 0 Å². The number of nitrogens with zero attached hydrogens (tertiary/aromatic N) is 2. The highest BCUT2D eigenvalue weighted by Gasteiger charge is 2.33. The summed E-state index contributed by atoms with van der Waals surface area (Å²) < 4.78 is 44.2. The average Bonchev–Trinajstić information content (AvgIpc) is 2.71. The third-order valence-corrected chi connectivity index (χ3v) is 5.31.